The van der Waals surface area contributed by atoms with Gasteiger partial charge in [0.05, 0.1) is 19.2 Å². The number of sulfonamides is 1. The van der Waals surface area contributed by atoms with Crippen LogP contribution >= 0.6 is 0 Å². The second-order valence-corrected chi connectivity index (χ2v) is 6.68. The molecule has 7 nitrogen and oxygen atoms in total. The van der Waals surface area contributed by atoms with Crippen LogP contribution < -0.4 is 0 Å². The standard InChI is InChI=1S/C12H17N3O4S/c1-10-2-6-15(7-3-10)20(18,19)11-8-13-14(9-11)5-4-12(16)17/h2,8-9H,3-7H2,1H3,(H,16,17). The highest BCUT2D eigenvalue weighted by molar-refractivity contribution is 7.89. The Hall–Kier alpha value is -1.67. The molecule has 0 saturated heterocycles. The fourth-order valence-corrected chi connectivity index (χ4v) is 3.27. The molecule has 0 atom stereocenters. The molecule has 0 unspecified atom stereocenters. The van der Waals surface area contributed by atoms with Crippen molar-refractivity contribution in [1.29, 1.82) is 0 Å². The predicted octanol–water partition coefficient (Wildman–Crippen LogP) is 0.699. The van der Waals surface area contributed by atoms with E-state index in [-0.39, 0.29) is 17.9 Å². The largest absolute Gasteiger partial charge is 0.481 e. The molecule has 1 aromatic rings. The van der Waals surface area contributed by atoms with Gasteiger partial charge in [0, 0.05) is 19.3 Å². The Balaban J connectivity index is 2.12. The van der Waals surface area contributed by atoms with Crippen LogP contribution in [0.1, 0.15) is 19.8 Å². The van der Waals surface area contributed by atoms with Crippen molar-refractivity contribution in [1.82, 2.24) is 14.1 Å². The van der Waals surface area contributed by atoms with Gasteiger partial charge in [-0.2, -0.15) is 9.40 Å². The normalized spacial score (nSPS) is 16.9. The van der Waals surface area contributed by atoms with E-state index in [1.807, 2.05) is 13.0 Å². The van der Waals surface area contributed by atoms with Gasteiger partial charge in [0.15, 0.2) is 0 Å². The maximum absolute atomic E-state index is 12.4. The predicted molar refractivity (Wildman–Crippen MR) is 71.6 cm³/mol. The average Bonchev–Trinajstić information content (AvgIpc) is 2.86. The molecule has 1 aromatic heterocycles. The van der Waals surface area contributed by atoms with Gasteiger partial charge >= 0.3 is 5.97 Å². The number of aliphatic carboxylic acids is 1. The maximum atomic E-state index is 12.4. The second kappa shape index (κ2) is 5.76. The zero-order valence-electron chi connectivity index (χ0n) is 11.2. The summed E-state index contributed by atoms with van der Waals surface area (Å²) in [5.74, 6) is -0.943. The van der Waals surface area contributed by atoms with Gasteiger partial charge in [0.25, 0.3) is 0 Å². The Kier molecular flexibility index (Phi) is 4.24. The lowest BCUT2D eigenvalue weighted by Crippen LogP contribution is -2.34. The summed E-state index contributed by atoms with van der Waals surface area (Å²) in [5, 5.41) is 12.5. The van der Waals surface area contributed by atoms with Gasteiger partial charge in [-0.1, -0.05) is 11.6 Å². The van der Waals surface area contributed by atoms with Crippen molar-refractivity contribution in [2.75, 3.05) is 13.1 Å². The molecule has 8 heteroatoms. The van der Waals surface area contributed by atoms with Gasteiger partial charge < -0.3 is 5.11 Å². The average molecular weight is 299 g/mol. The summed E-state index contributed by atoms with van der Waals surface area (Å²) in [6.07, 6.45) is 5.18. The SMILES string of the molecule is CC1=CCN(S(=O)(=O)c2cnn(CCC(=O)O)c2)CC1. The molecule has 0 bridgehead atoms. The molecular formula is C12H17N3O4S. The third kappa shape index (κ3) is 3.26. The Morgan fingerprint density at radius 1 is 1.50 bits per heavy atom. The highest BCUT2D eigenvalue weighted by Gasteiger charge is 2.26. The van der Waals surface area contributed by atoms with Gasteiger partial charge in [0.1, 0.15) is 4.90 Å². The lowest BCUT2D eigenvalue weighted by Gasteiger charge is -2.23. The molecule has 2 heterocycles. The molecule has 0 aromatic carbocycles. The van der Waals surface area contributed by atoms with Crippen LogP contribution in [0.15, 0.2) is 28.9 Å². The smallest absolute Gasteiger partial charge is 0.305 e. The quantitative estimate of drug-likeness (QED) is 0.808. The fraction of sp³-hybridized carbons (Fsp3) is 0.500. The summed E-state index contributed by atoms with van der Waals surface area (Å²) in [6.45, 7) is 2.97. The van der Waals surface area contributed by atoms with Crippen LogP contribution in [0.2, 0.25) is 0 Å². The summed E-state index contributed by atoms with van der Waals surface area (Å²) >= 11 is 0. The third-order valence-electron chi connectivity index (χ3n) is 3.20. The number of rotatable bonds is 5. The number of aryl methyl sites for hydroxylation is 1. The summed E-state index contributed by atoms with van der Waals surface area (Å²) in [5.41, 5.74) is 1.19. The van der Waals surface area contributed by atoms with Crippen molar-refractivity contribution in [2.45, 2.75) is 31.2 Å². The van der Waals surface area contributed by atoms with Gasteiger partial charge in [0.2, 0.25) is 10.0 Å². The number of carbonyl (C=O) groups is 1. The van der Waals surface area contributed by atoms with Crippen molar-refractivity contribution < 1.29 is 18.3 Å². The Labute approximate surface area is 117 Å². The van der Waals surface area contributed by atoms with Crippen LogP contribution in [-0.4, -0.2) is 46.7 Å². The van der Waals surface area contributed by atoms with Gasteiger partial charge in [-0.3, -0.25) is 9.48 Å². The first-order valence-electron chi connectivity index (χ1n) is 6.29. The molecule has 0 amide bonds. The van der Waals surface area contributed by atoms with Crippen LogP contribution in [0.4, 0.5) is 0 Å². The lowest BCUT2D eigenvalue weighted by molar-refractivity contribution is -0.137. The van der Waals surface area contributed by atoms with Crippen LogP contribution in [0.3, 0.4) is 0 Å². The number of carboxylic acids is 1. The minimum atomic E-state index is -3.55. The van der Waals surface area contributed by atoms with Crippen molar-refractivity contribution in [2.24, 2.45) is 0 Å². The van der Waals surface area contributed by atoms with E-state index >= 15 is 0 Å². The highest BCUT2D eigenvalue weighted by atomic mass is 32.2. The van der Waals surface area contributed by atoms with E-state index in [9.17, 15) is 13.2 Å². The molecule has 1 N–H and O–H groups in total. The first kappa shape index (κ1) is 14.7. The molecule has 0 radical (unpaired) electrons. The van der Waals surface area contributed by atoms with E-state index in [2.05, 4.69) is 5.10 Å². The first-order valence-corrected chi connectivity index (χ1v) is 7.73. The Morgan fingerprint density at radius 2 is 2.25 bits per heavy atom. The van der Waals surface area contributed by atoms with Crippen LogP contribution in [0, 0.1) is 0 Å². The van der Waals surface area contributed by atoms with Crippen LogP contribution in [0.25, 0.3) is 0 Å². The topological polar surface area (TPSA) is 92.5 Å². The molecule has 1 aliphatic heterocycles. The molecule has 0 fully saturated rings. The summed E-state index contributed by atoms with van der Waals surface area (Å²) in [6, 6.07) is 0. The second-order valence-electron chi connectivity index (χ2n) is 4.75. The maximum Gasteiger partial charge on any atom is 0.305 e. The molecule has 0 spiro atoms. The summed E-state index contributed by atoms with van der Waals surface area (Å²) in [7, 11) is -3.55. The number of nitrogens with zero attached hydrogens (tertiary/aromatic N) is 3. The van der Waals surface area contributed by atoms with E-state index in [0.717, 1.165) is 6.42 Å². The number of hydrogen-bond acceptors (Lipinski definition) is 4. The van der Waals surface area contributed by atoms with E-state index in [4.69, 9.17) is 5.11 Å². The fourth-order valence-electron chi connectivity index (χ4n) is 1.93. The minimum Gasteiger partial charge on any atom is -0.481 e. The van der Waals surface area contributed by atoms with E-state index in [1.54, 1.807) is 0 Å². The van der Waals surface area contributed by atoms with Gasteiger partial charge in [-0.05, 0) is 13.3 Å². The number of hydrogen-bond donors (Lipinski definition) is 1. The molecule has 1 aliphatic rings. The molecule has 110 valence electrons. The molecule has 20 heavy (non-hydrogen) atoms. The van der Waals surface area contributed by atoms with Crippen molar-refractivity contribution in [3.8, 4) is 0 Å². The van der Waals surface area contributed by atoms with Crippen molar-refractivity contribution >= 4 is 16.0 Å². The monoisotopic (exact) mass is 299 g/mol. The summed E-state index contributed by atoms with van der Waals surface area (Å²) in [4.78, 5) is 10.6. The Morgan fingerprint density at radius 3 is 2.85 bits per heavy atom. The van der Waals surface area contributed by atoms with Gasteiger partial charge in [-0.15, -0.1) is 0 Å². The zero-order chi connectivity index (χ0) is 14.8. The molecule has 0 saturated carbocycles. The van der Waals surface area contributed by atoms with E-state index in [1.165, 1.54) is 27.0 Å². The van der Waals surface area contributed by atoms with Crippen LogP contribution in [-0.2, 0) is 21.4 Å². The van der Waals surface area contributed by atoms with Gasteiger partial charge in [-0.25, -0.2) is 8.42 Å². The molecule has 2 rings (SSSR count). The molecule has 0 aliphatic carbocycles. The highest BCUT2D eigenvalue weighted by Crippen LogP contribution is 2.19. The van der Waals surface area contributed by atoms with E-state index < -0.39 is 16.0 Å². The van der Waals surface area contributed by atoms with E-state index in [0.29, 0.717) is 13.1 Å². The first-order chi connectivity index (χ1) is 9.39. The minimum absolute atomic E-state index is 0.0905. The zero-order valence-corrected chi connectivity index (χ0v) is 12.0. The van der Waals surface area contributed by atoms with Crippen molar-refractivity contribution in [3.63, 3.8) is 0 Å². The summed E-state index contributed by atoms with van der Waals surface area (Å²) < 4.78 is 27.5. The number of aromatic nitrogens is 2. The third-order valence-corrected chi connectivity index (χ3v) is 5.02. The van der Waals surface area contributed by atoms with Crippen molar-refractivity contribution in [3.05, 3.63) is 24.0 Å². The lowest BCUT2D eigenvalue weighted by atomic mass is 10.1. The Bertz CT molecular complexity index is 633. The van der Waals surface area contributed by atoms with Crippen LogP contribution in [0.5, 0.6) is 0 Å². The molecular weight excluding hydrogens is 282 g/mol. The number of carboxylic acid groups (broad SMARTS) is 1.